The van der Waals surface area contributed by atoms with E-state index in [4.69, 9.17) is 17.0 Å². The molecule has 0 spiro atoms. The highest BCUT2D eigenvalue weighted by Gasteiger charge is 2.31. The van der Waals surface area contributed by atoms with Gasteiger partial charge >= 0.3 is 5.97 Å². The summed E-state index contributed by atoms with van der Waals surface area (Å²) in [6.45, 7) is 0.463. The fourth-order valence-electron chi connectivity index (χ4n) is 3.69. The molecule has 9 nitrogen and oxygen atoms in total. The van der Waals surface area contributed by atoms with Gasteiger partial charge in [-0.1, -0.05) is 66.4 Å². The normalized spacial score (nSPS) is 14.1. The monoisotopic (exact) mass is 614 g/mol. The second-order valence-corrected chi connectivity index (χ2v) is 12.5. The van der Waals surface area contributed by atoms with Crippen molar-refractivity contribution in [3.05, 3.63) is 64.6 Å². The van der Waals surface area contributed by atoms with Crippen LogP contribution < -0.4 is 10.9 Å². The van der Waals surface area contributed by atoms with Crippen LogP contribution in [-0.4, -0.2) is 57.3 Å². The second-order valence-electron chi connectivity index (χ2n) is 8.59. The first kappa shape index (κ1) is 29.7. The number of ether oxygens (including phenoxy) is 1. The first-order valence-corrected chi connectivity index (χ1v) is 15.4. The number of hydrogen-bond donors (Lipinski definition) is 2. The lowest BCUT2D eigenvalue weighted by molar-refractivity contribution is -0.127. The Kier molecular flexibility index (Phi) is 10.7. The Bertz CT molecular complexity index is 1420. The zero-order valence-electron chi connectivity index (χ0n) is 21.5. The number of thioether (sulfide) groups is 2. The minimum Gasteiger partial charge on any atom is -0.465 e. The molecule has 2 N–H and O–H groups in total. The Morgan fingerprint density at radius 2 is 1.80 bits per heavy atom. The van der Waals surface area contributed by atoms with Gasteiger partial charge in [0.25, 0.3) is 5.91 Å². The lowest BCUT2D eigenvalue weighted by atomic mass is 10.1. The summed E-state index contributed by atoms with van der Waals surface area (Å²) in [5.41, 5.74) is 6.99. The highest BCUT2D eigenvalue weighted by atomic mass is 32.2. The van der Waals surface area contributed by atoms with Crippen LogP contribution in [0.3, 0.4) is 0 Å². The number of thiazole rings is 1. The summed E-state index contributed by atoms with van der Waals surface area (Å²) in [6, 6.07) is 14.6. The molecule has 4 rings (SSSR count). The van der Waals surface area contributed by atoms with Gasteiger partial charge in [-0.2, -0.15) is 0 Å². The van der Waals surface area contributed by atoms with Gasteiger partial charge in [0.2, 0.25) is 11.8 Å². The van der Waals surface area contributed by atoms with E-state index in [2.05, 4.69) is 15.8 Å². The molecule has 208 valence electrons. The molecule has 1 aliphatic rings. The van der Waals surface area contributed by atoms with Crippen molar-refractivity contribution in [3.63, 3.8) is 0 Å². The number of carbonyl (C=O) groups is 4. The third kappa shape index (κ3) is 8.13. The predicted octanol–water partition coefficient (Wildman–Crippen LogP) is 4.78. The molecule has 1 fully saturated rings. The summed E-state index contributed by atoms with van der Waals surface area (Å²) < 4.78 is 7.05. The third-order valence-corrected chi connectivity index (χ3v) is 9.29. The number of fused-ring (bicyclic) bond motifs is 1. The summed E-state index contributed by atoms with van der Waals surface area (Å²) in [6.07, 6.45) is 4.02. The van der Waals surface area contributed by atoms with Crippen LogP contribution in [0.1, 0.15) is 41.6 Å². The largest absolute Gasteiger partial charge is 0.465 e. The van der Waals surface area contributed by atoms with Gasteiger partial charge in [-0.3, -0.25) is 30.1 Å². The molecule has 0 bridgehead atoms. The van der Waals surface area contributed by atoms with Gasteiger partial charge in [0, 0.05) is 13.0 Å². The van der Waals surface area contributed by atoms with Gasteiger partial charge in [0.05, 0.1) is 33.5 Å². The maximum absolute atomic E-state index is 12.8. The van der Waals surface area contributed by atoms with E-state index < -0.39 is 5.97 Å². The molecule has 13 heteroatoms. The molecule has 0 aliphatic carbocycles. The van der Waals surface area contributed by atoms with Crippen molar-refractivity contribution < 1.29 is 23.9 Å². The van der Waals surface area contributed by atoms with E-state index in [1.165, 1.54) is 42.0 Å². The van der Waals surface area contributed by atoms with Crippen molar-refractivity contribution in [1.29, 1.82) is 0 Å². The lowest BCUT2D eigenvalue weighted by Crippen LogP contribution is -2.42. The number of thiocarbonyl (C=S) groups is 1. The number of hydrazine groups is 1. The number of carbonyl (C=O) groups excluding carboxylic acids is 4. The van der Waals surface area contributed by atoms with Crippen molar-refractivity contribution >= 4 is 91.4 Å². The Balaban J connectivity index is 1.11. The quantitative estimate of drug-likeness (QED) is 0.0786. The number of aromatic nitrogens is 1. The van der Waals surface area contributed by atoms with E-state index >= 15 is 0 Å². The average molecular weight is 615 g/mol. The molecule has 0 atom stereocenters. The number of benzene rings is 2. The van der Waals surface area contributed by atoms with Gasteiger partial charge in [0.1, 0.15) is 4.32 Å². The minimum absolute atomic E-state index is 0.150. The number of nitrogens with one attached hydrogen (secondary N) is 2. The Morgan fingerprint density at radius 3 is 2.55 bits per heavy atom. The van der Waals surface area contributed by atoms with E-state index in [1.54, 1.807) is 35.2 Å². The maximum Gasteiger partial charge on any atom is 0.337 e. The SMILES string of the molecule is COC(=O)c1ccc(C=C2SC(=S)N(CCCCCC(=O)NNC(=O)CSc3nc4ccccc4s3)C2=O)cc1. The molecule has 1 aliphatic heterocycles. The summed E-state index contributed by atoms with van der Waals surface area (Å²) in [5.74, 6) is -1.01. The van der Waals surface area contributed by atoms with E-state index in [-0.39, 0.29) is 29.9 Å². The number of methoxy groups -OCH3 is 1. The van der Waals surface area contributed by atoms with E-state index in [0.29, 0.717) is 34.2 Å². The van der Waals surface area contributed by atoms with Crippen molar-refractivity contribution in [2.24, 2.45) is 0 Å². The van der Waals surface area contributed by atoms with Crippen LogP contribution in [0.5, 0.6) is 0 Å². The van der Waals surface area contributed by atoms with Gasteiger partial charge in [-0.15, -0.1) is 11.3 Å². The topological polar surface area (TPSA) is 118 Å². The Labute approximate surface area is 249 Å². The number of hydrogen-bond acceptors (Lipinski definition) is 10. The molecule has 40 heavy (non-hydrogen) atoms. The zero-order valence-corrected chi connectivity index (χ0v) is 24.8. The van der Waals surface area contributed by atoms with Crippen LogP contribution in [0.25, 0.3) is 16.3 Å². The number of amides is 3. The maximum atomic E-state index is 12.8. The summed E-state index contributed by atoms with van der Waals surface area (Å²) >= 11 is 9.48. The van der Waals surface area contributed by atoms with Crippen LogP contribution in [0.4, 0.5) is 0 Å². The summed E-state index contributed by atoms with van der Waals surface area (Å²) in [7, 11) is 1.32. The molecular formula is C27H26N4O5S4. The number of unbranched alkanes of at least 4 members (excludes halogenated alkanes) is 2. The lowest BCUT2D eigenvalue weighted by Gasteiger charge is -2.14. The van der Waals surface area contributed by atoms with Gasteiger partial charge < -0.3 is 4.74 Å². The molecular weight excluding hydrogens is 589 g/mol. The van der Waals surface area contributed by atoms with E-state index in [1.807, 2.05) is 24.3 Å². The standard InChI is InChI=1S/C27H26N4O5S4/c1-36-25(35)18-12-10-17(11-13-18)15-21-24(34)31(27(37)40-21)14-6-2-3-9-22(32)29-30-23(33)16-38-26-28-19-7-4-5-8-20(19)39-26/h4-5,7-8,10-13,15H,2-3,6,9,14,16H2,1H3,(H,29,32)(H,30,33). The minimum atomic E-state index is -0.421. The van der Waals surface area contributed by atoms with Crippen LogP contribution in [0.2, 0.25) is 0 Å². The fraction of sp³-hybridized carbons (Fsp3) is 0.259. The summed E-state index contributed by atoms with van der Waals surface area (Å²) in [4.78, 5) is 55.1. The van der Waals surface area contributed by atoms with Crippen molar-refractivity contribution in [2.75, 3.05) is 19.4 Å². The van der Waals surface area contributed by atoms with E-state index in [0.717, 1.165) is 26.5 Å². The molecule has 0 saturated carbocycles. The number of nitrogens with zero attached hydrogens (tertiary/aromatic N) is 2. The van der Waals surface area contributed by atoms with Gasteiger partial charge in [-0.05, 0) is 48.7 Å². The number of esters is 1. The smallest absolute Gasteiger partial charge is 0.337 e. The number of para-hydroxylation sites is 1. The first-order chi connectivity index (χ1) is 19.3. The summed E-state index contributed by atoms with van der Waals surface area (Å²) in [5, 5.41) is 0. The average Bonchev–Trinajstić information content (AvgIpc) is 3.50. The Hall–Kier alpha value is -3.26. The van der Waals surface area contributed by atoms with Crippen LogP contribution in [0, 0.1) is 0 Å². The molecule has 0 radical (unpaired) electrons. The van der Waals surface area contributed by atoms with Crippen molar-refractivity contribution in [3.8, 4) is 0 Å². The molecule has 2 aromatic carbocycles. The first-order valence-electron chi connectivity index (χ1n) is 12.3. The van der Waals surface area contributed by atoms with Crippen molar-refractivity contribution in [1.82, 2.24) is 20.7 Å². The Morgan fingerprint density at radius 1 is 1.05 bits per heavy atom. The van der Waals surface area contributed by atoms with E-state index in [9.17, 15) is 19.2 Å². The van der Waals surface area contributed by atoms with Gasteiger partial charge in [-0.25, -0.2) is 9.78 Å². The molecule has 1 aromatic heterocycles. The number of rotatable bonds is 11. The molecule has 3 amide bonds. The van der Waals surface area contributed by atoms with Crippen LogP contribution >= 0.6 is 47.1 Å². The van der Waals surface area contributed by atoms with Crippen molar-refractivity contribution in [2.45, 2.75) is 30.0 Å². The molecule has 0 unspecified atom stereocenters. The zero-order chi connectivity index (χ0) is 28.5. The molecule has 1 saturated heterocycles. The third-order valence-electron chi connectivity index (χ3n) is 5.73. The highest BCUT2D eigenvalue weighted by molar-refractivity contribution is 8.26. The fourth-order valence-corrected chi connectivity index (χ4v) is 6.86. The van der Waals surface area contributed by atoms with Crippen LogP contribution in [0.15, 0.2) is 57.8 Å². The highest BCUT2D eigenvalue weighted by Crippen LogP contribution is 2.33. The van der Waals surface area contributed by atoms with Crippen LogP contribution in [-0.2, 0) is 19.1 Å². The molecule has 2 heterocycles. The second kappa shape index (κ2) is 14.4. The predicted molar refractivity (Wildman–Crippen MR) is 163 cm³/mol. The molecule has 3 aromatic rings. The van der Waals surface area contributed by atoms with Gasteiger partial charge in [0.15, 0.2) is 4.34 Å².